The first kappa shape index (κ1) is 15.6. The standard InChI is InChI=1S/C16H22N2O2S/c1-10(2)6-5-9-18-16(19)15-14(17)13-11(20-3)7-4-8-12(13)21-15/h4,7-8,10H,5-6,9,17H2,1-3H3,(H,18,19). The summed E-state index contributed by atoms with van der Waals surface area (Å²) in [6, 6.07) is 5.71. The van der Waals surface area contributed by atoms with Gasteiger partial charge in [-0.25, -0.2) is 0 Å². The minimum absolute atomic E-state index is 0.0977. The molecule has 2 rings (SSSR count). The number of nitrogens with two attached hydrogens (primary N) is 1. The Morgan fingerprint density at radius 2 is 2.19 bits per heavy atom. The van der Waals surface area contributed by atoms with E-state index in [0.29, 0.717) is 28.8 Å². The molecule has 21 heavy (non-hydrogen) atoms. The molecule has 0 aliphatic heterocycles. The number of rotatable bonds is 6. The van der Waals surface area contributed by atoms with Gasteiger partial charge in [0.1, 0.15) is 10.6 Å². The fraction of sp³-hybridized carbons (Fsp3) is 0.438. The van der Waals surface area contributed by atoms with Gasteiger partial charge in [-0.05, 0) is 30.9 Å². The fourth-order valence-electron chi connectivity index (χ4n) is 2.27. The largest absolute Gasteiger partial charge is 0.496 e. The van der Waals surface area contributed by atoms with Crippen LogP contribution in [0.2, 0.25) is 0 Å². The van der Waals surface area contributed by atoms with Crippen LogP contribution in [-0.2, 0) is 0 Å². The summed E-state index contributed by atoms with van der Waals surface area (Å²) in [5.41, 5.74) is 6.65. The quantitative estimate of drug-likeness (QED) is 0.801. The van der Waals surface area contributed by atoms with Crippen LogP contribution in [0.3, 0.4) is 0 Å². The van der Waals surface area contributed by atoms with Gasteiger partial charge in [0.2, 0.25) is 0 Å². The van der Waals surface area contributed by atoms with E-state index < -0.39 is 0 Å². The highest BCUT2D eigenvalue weighted by atomic mass is 32.1. The Hall–Kier alpha value is -1.75. The Morgan fingerprint density at radius 3 is 2.86 bits per heavy atom. The summed E-state index contributed by atoms with van der Waals surface area (Å²) in [5.74, 6) is 1.26. The minimum atomic E-state index is -0.0977. The van der Waals surface area contributed by atoms with Gasteiger partial charge in [0.05, 0.1) is 18.2 Å². The smallest absolute Gasteiger partial charge is 0.263 e. The van der Waals surface area contributed by atoms with Gasteiger partial charge in [0.15, 0.2) is 0 Å². The molecule has 0 spiro atoms. The number of anilines is 1. The fourth-order valence-corrected chi connectivity index (χ4v) is 3.33. The third-order valence-corrected chi connectivity index (χ3v) is 4.55. The lowest BCUT2D eigenvalue weighted by Gasteiger charge is -2.06. The number of carbonyl (C=O) groups excluding carboxylic acids is 1. The zero-order chi connectivity index (χ0) is 15.4. The molecule has 0 aliphatic rings. The Balaban J connectivity index is 2.15. The van der Waals surface area contributed by atoms with Crippen molar-refractivity contribution in [3.8, 4) is 5.75 Å². The average molecular weight is 306 g/mol. The van der Waals surface area contributed by atoms with E-state index in [1.54, 1.807) is 7.11 Å². The SMILES string of the molecule is COc1cccc2sc(C(=O)NCCCC(C)C)c(N)c12. The second-order valence-corrected chi connectivity index (χ2v) is 6.52. The Labute approximate surface area is 129 Å². The lowest BCUT2D eigenvalue weighted by molar-refractivity contribution is 0.0957. The first-order chi connectivity index (χ1) is 10.0. The van der Waals surface area contributed by atoms with Crippen LogP contribution < -0.4 is 15.8 Å². The third-order valence-electron chi connectivity index (χ3n) is 3.38. The van der Waals surface area contributed by atoms with Crippen molar-refractivity contribution >= 4 is 33.0 Å². The van der Waals surface area contributed by atoms with Gasteiger partial charge in [0.25, 0.3) is 5.91 Å². The molecule has 4 nitrogen and oxygen atoms in total. The molecule has 0 radical (unpaired) electrons. The number of amides is 1. The normalized spacial score (nSPS) is 11.0. The molecule has 1 aromatic heterocycles. The molecule has 0 saturated heterocycles. The van der Waals surface area contributed by atoms with Gasteiger partial charge < -0.3 is 15.8 Å². The number of fused-ring (bicyclic) bond motifs is 1. The van der Waals surface area contributed by atoms with Crippen LogP contribution >= 0.6 is 11.3 Å². The lowest BCUT2D eigenvalue weighted by Crippen LogP contribution is -2.24. The molecule has 0 aliphatic carbocycles. The van der Waals surface area contributed by atoms with Crippen molar-refractivity contribution < 1.29 is 9.53 Å². The highest BCUT2D eigenvalue weighted by Crippen LogP contribution is 2.39. The highest BCUT2D eigenvalue weighted by Gasteiger charge is 2.18. The number of benzene rings is 1. The van der Waals surface area contributed by atoms with E-state index in [0.717, 1.165) is 22.9 Å². The first-order valence-electron chi connectivity index (χ1n) is 7.17. The van der Waals surface area contributed by atoms with Gasteiger partial charge in [-0.2, -0.15) is 0 Å². The van der Waals surface area contributed by atoms with Crippen LogP contribution in [0.15, 0.2) is 18.2 Å². The maximum atomic E-state index is 12.3. The summed E-state index contributed by atoms with van der Waals surface area (Å²) in [4.78, 5) is 12.8. The van der Waals surface area contributed by atoms with E-state index >= 15 is 0 Å². The molecule has 1 aromatic carbocycles. The molecule has 0 bridgehead atoms. The zero-order valence-corrected chi connectivity index (χ0v) is 13.5. The van der Waals surface area contributed by atoms with E-state index in [1.807, 2.05) is 18.2 Å². The topological polar surface area (TPSA) is 64.3 Å². The van der Waals surface area contributed by atoms with Crippen LogP contribution in [0, 0.1) is 5.92 Å². The van der Waals surface area contributed by atoms with Crippen molar-refractivity contribution in [1.82, 2.24) is 5.32 Å². The molecular weight excluding hydrogens is 284 g/mol. The maximum absolute atomic E-state index is 12.3. The van der Waals surface area contributed by atoms with Crippen LogP contribution in [-0.4, -0.2) is 19.6 Å². The van der Waals surface area contributed by atoms with Crippen molar-refractivity contribution in [1.29, 1.82) is 0 Å². The Kier molecular flexibility index (Phi) is 5.07. The summed E-state index contributed by atoms with van der Waals surface area (Å²) in [7, 11) is 1.61. The van der Waals surface area contributed by atoms with Crippen molar-refractivity contribution in [2.45, 2.75) is 26.7 Å². The van der Waals surface area contributed by atoms with E-state index in [9.17, 15) is 4.79 Å². The predicted octanol–water partition coefficient (Wildman–Crippen LogP) is 3.66. The first-order valence-corrected chi connectivity index (χ1v) is 7.99. The van der Waals surface area contributed by atoms with E-state index in [1.165, 1.54) is 11.3 Å². The number of hydrogen-bond donors (Lipinski definition) is 2. The molecule has 1 heterocycles. The van der Waals surface area contributed by atoms with Crippen LogP contribution in [0.1, 0.15) is 36.4 Å². The summed E-state index contributed by atoms with van der Waals surface area (Å²) < 4.78 is 6.29. The van der Waals surface area contributed by atoms with Gasteiger partial charge in [0, 0.05) is 11.2 Å². The monoisotopic (exact) mass is 306 g/mol. The van der Waals surface area contributed by atoms with Crippen LogP contribution in [0.4, 0.5) is 5.69 Å². The van der Waals surface area contributed by atoms with E-state index in [-0.39, 0.29) is 5.91 Å². The number of nitrogen functional groups attached to an aromatic ring is 1. The predicted molar refractivity (Wildman–Crippen MR) is 89.2 cm³/mol. The second kappa shape index (κ2) is 6.80. The lowest BCUT2D eigenvalue weighted by atomic mass is 10.1. The molecule has 1 amide bonds. The molecule has 0 saturated carbocycles. The molecule has 0 unspecified atom stereocenters. The van der Waals surface area contributed by atoms with Crippen LogP contribution in [0.5, 0.6) is 5.75 Å². The molecule has 0 fully saturated rings. The van der Waals surface area contributed by atoms with Crippen molar-refractivity contribution in [3.05, 3.63) is 23.1 Å². The van der Waals surface area contributed by atoms with Gasteiger partial charge in [-0.1, -0.05) is 19.9 Å². The van der Waals surface area contributed by atoms with Crippen molar-refractivity contribution in [3.63, 3.8) is 0 Å². The Morgan fingerprint density at radius 1 is 1.43 bits per heavy atom. The second-order valence-electron chi connectivity index (χ2n) is 5.47. The highest BCUT2D eigenvalue weighted by molar-refractivity contribution is 7.21. The summed E-state index contributed by atoms with van der Waals surface area (Å²) in [6.07, 6.45) is 2.09. The van der Waals surface area contributed by atoms with Gasteiger partial charge in [-0.15, -0.1) is 11.3 Å². The number of hydrogen-bond acceptors (Lipinski definition) is 4. The molecule has 3 N–H and O–H groups in total. The minimum Gasteiger partial charge on any atom is -0.496 e. The molecule has 114 valence electrons. The summed E-state index contributed by atoms with van der Waals surface area (Å²) in [5, 5.41) is 3.78. The maximum Gasteiger partial charge on any atom is 0.263 e. The van der Waals surface area contributed by atoms with Gasteiger partial charge >= 0.3 is 0 Å². The van der Waals surface area contributed by atoms with Gasteiger partial charge in [-0.3, -0.25) is 4.79 Å². The summed E-state index contributed by atoms with van der Waals surface area (Å²) in [6.45, 7) is 5.04. The van der Waals surface area contributed by atoms with Crippen molar-refractivity contribution in [2.75, 3.05) is 19.4 Å². The Bertz CT molecular complexity index is 634. The molecule has 0 atom stereocenters. The molecule has 2 aromatic rings. The molecule has 5 heteroatoms. The van der Waals surface area contributed by atoms with E-state index in [4.69, 9.17) is 10.5 Å². The summed E-state index contributed by atoms with van der Waals surface area (Å²) >= 11 is 1.41. The number of ether oxygens (including phenoxy) is 1. The number of nitrogens with one attached hydrogen (secondary N) is 1. The number of methoxy groups -OCH3 is 1. The van der Waals surface area contributed by atoms with E-state index in [2.05, 4.69) is 19.2 Å². The van der Waals surface area contributed by atoms with Crippen molar-refractivity contribution in [2.24, 2.45) is 5.92 Å². The molecular formula is C16H22N2O2S. The average Bonchev–Trinajstić information content (AvgIpc) is 2.80. The third kappa shape index (κ3) is 3.47. The number of carbonyl (C=O) groups is 1. The number of thiophene rings is 1. The van der Waals surface area contributed by atoms with Crippen LogP contribution in [0.25, 0.3) is 10.1 Å². The zero-order valence-electron chi connectivity index (χ0n) is 12.7.